The molecule has 0 bridgehead atoms. The molecule has 52 valence electrons. The molecule has 0 saturated heterocycles. The van der Waals surface area contributed by atoms with Gasteiger partial charge in [-0.3, -0.25) is 0 Å². The van der Waals surface area contributed by atoms with Crippen molar-refractivity contribution in [3.8, 4) is 0 Å². The van der Waals surface area contributed by atoms with Crippen LogP contribution in [0.4, 0.5) is 0 Å². The Bertz CT molecular complexity index is 237. The van der Waals surface area contributed by atoms with Crippen molar-refractivity contribution in [1.29, 1.82) is 0 Å². The third kappa shape index (κ3) is 1.37. The molecule has 0 amide bonds. The Hall–Kier alpha value is -0.800. The van der Waals surface area contributed by atoms with E-state index in [1.165, 1.54) is 0 Å². The maximum atomic E-state index is 10.4. The van der Waals surface area contributed by atoms with Gasteiger partial charge in [-0.25, -0.2) is 0 Å². The van der Waals surface area contributed by atoms with Crippen LogP contribution in [0.25, 0.3) is 0 Å². The molecule has 1 aromatic carbocycles. The quantitative estimate of drug-likeness (QED) is 0.644. The summed E-state index contributed by atoms with van der Waals surface area (Å²) in [7, 11) is 0. The molecule has 0 aromatic heterocycles. The van der Waals surface area contributed by atoms with E-state index in [0.717, 1.165) is 10.5 Å². The number of benzene rings is 1. The summed E-state index contributed by atoms with van der Waals surface area (Å²) in [5, 5.41) is 0. The minimum absolute atomic E-state index is 0.436. The summed E-state index contributed by atoms with van der Waals surface area (Å²) in [6.45, 7) is 0.436. The molecule has 0 aliphatic carbocycles. The number of hydrogen-bond acceptors (Lipinski definition) is 2. The maximum absolute atomic E-state index is 10.4. The second-order valence-corrected chi connectivity index (χ2v) is 2.50. The highest BCUT2D eigenvalue weighted by atomic mass is 32.1. The van der Waals surface area contributed by atoms with Gasteiger partial charge >= 0.3 is 11.7 Å². The number of rotatable bonds is 2. The fraction of sp³-hybridized carbons (Fsp3) is 0.143. The van der Waals surface area contributed by atoms with Crippen LogP contribution in [0.5, 0.6) is 0 Å². The van der Waals surface area contributed by atoms with Gasteiger partial charge in [0, 0.05) is 22.4 Å². The van der Waals surface area contributed by atoms with Crippen LogP contribution >= 0.6 is 0 Å². The second-order valence-electron chi connectivity index (χ2n) is 1.90. The van der Waals surface area contributed by atoms with E-state index in [2.05, 4.69) is 0 Å². The van der Waals surface area contributed by atoms with Gasteiger partial charge in [0.15, 0.2) is 0 Å². The summed E-state index contributed by atoms with van der Waals surface area (Å²) in [5.41, 5.74) is 6.29. The molecule has 1 rings (SSSR count). The van der Waals surface area contributed by atoms with Crippen molar-refractivity contribution in [2.75, 3.05) is 0 Å². The molecule has 3 heteroatoms. The SMILES string of the molecule is NCc1ccccc1[S+]=O. The Kier molecular flexibility index (Phi) is 2.48. The standard InChI is InChI=1S/C7H8NOS/c8-5-6-3-1-2-4-7(6)10-9/h1-4H,5,8H2/q+1. The van der Waals surface area contributed by atoms with Gasteiger partial charge in [-0.1, -0.05) is 18.2 Å². The van der Waals surface area contributed by atoms with E-state index < -0.39 is 0 Å². The molecular weight excluding hydrogens is 146 g/mol. The Morgan fingerprint density at radius 2 is 2.10 bits per heavy atom. The summed E-state index contributed by atoms with van der Waals surface area (Å²) >= 11 is 0.490. The van der Waals surface area contributed by atoms with Gasteiger partial charge < -0.3 is 5.73 Å². The van der Waals surface area contributed by atoms with Gasteiger partial charge in [-0.05, 0) is 0 Å². The minimum atomic E-state index is 0.436. The highest BCUT2D eigenvalue weighted by Gasteiger charge is 2.10. The van der Waals surface area contributed by atoms with E-state index >= 15 is 0 Å². The van der Waals surface area contributed by atoms with E-state index in [4.69, 9.17) is 5.73 Å². The molecular formula is C7H8NOS+. The van der Waals surface area contributed by atoms with E-state index in [1.54, 1.807) is 6.07 Å². The van der Waals surface area contributed by atoms with Crippen LogP contribution in [-0.2, 0) is 22.4 Å². The van der Waals surface area contributed by atoms with Gasteiger partial charge in [0.2, 0.25) is 0 Å². The van der Waals surface area contributed by atoms with Crippen molar-refractivity contribution < 1.29 is 4.21 Å². The van der Waals surface area contributed by atoms with Crippen LogP contribution in [0.15, 0.2) is 29.2 Å². The Morgan fingerprint density at radius 3 is 2.60 bits per heavy atom. The van der Waals surface area contributed by atoms with Crippen molar-refractivity contribution in [2.45, 2.75) is 11.4 Å². The average Bonchev–Trinajstić information content (AvgIpc) is 2.04. The largest absolute Gasteiger partial charge is 0.505 e. The lowest BCUT2D eigenvalue weighted by molar-refractivity contribution is 0.604. The smallest absolute Gasteiger partial charge is 0.326 e. The number of hydrogen-bond donors (Lipinski definition) is 1. The first-order chi connectivity index (χ1) is 4.88. The zero-order valence-corrected chi connectivity index (χ0v) is 6.23. The number of nitrogens with two attached hydrogens (primary N) is 1. The summed E-state index contributed by atoms with van der Waals surface area (Å²) in [6.07, 6.45) is 0. The predicted molar refractivity (Wildman–Crippen MR) is 40.7 cm³/mol. The summed E-state index contributed by atoms with van der Waals surface area (Å²) < 4.78 is 10.4. The molecule has 0 radical (unpaired) electrons. The first kappa shape index (κ1) is 7.31. The molecule has 0 aliphatic rings. The first-order valence-electron chi connectivity index (χ1n) is 2.96. The van der Waals surface area contributed by atoms with Gasteiger partial charge in [0.25, 0.3) is 4.90 Å². The third-order valence-corrected chi connectivity index (χ3v) is 1.86. The van der Waals surface area contributed by atoms with Crippen LogP contribution in [0.1, 0.15) is 5.56 Å². The minimum Gasteiger partial charge on any atom is -0.326 e. The molecule has 2 nitrogen and oxygen atoms in total. The van der Waals surface area contributed by atoms with Crippen LogP contribution in [-0.4, -0.2) is 0 Å². The first-order valence-corrected chi connectivity index (χ1v) is 3.70. The Morgan fingerprint density at radius 1 is 1.40 bits per heavy atom. The molecule has 0 atom stereocenters. The van der Waals surface area contributed by atoms with E-state index in [0.29, 0.717) is 18.2 Å². The average molecular weight is 154 g/mol. The lowest BCUT2D eigenvalue weighted by Gasteiger charge is -1.88. The van der Waals surface area contributed by atoms with E-state index in [1.807, 2.05) is 18.2 Å². The highest BCUT2D eigenvalue weighted by Crippen LogP contribution is 2.06. The van der Waals surface area contributed by atoms with Crippen molar-refractivity contribution in [1.82, 2.24) is 0 Å². The molecule has 2 N–H and O–H groups in total. The zero-order chi connectivity index (χ0) is 7.40. The lowest BCUT2D eigenvalue weighted by atomic mass is 10.2. The Labute approximate surface area is 63.5 Å². The van der Waals surface area contributed by atoms with Gasteiger partial charge in [0.1, 0.15) is 0 Å². The lowest BCUT2D eigenvalue weighted by Crippen LogP contribution is -1.98. The fourth-order valence-corrected chi connectivity index (χ4v) is 1.15. The molecule has 0 aliphatic heterocycles. The van der Waals surface area contributed by atoms with E-state index in [-0.39, 0.29) is 0 Å². The van der Waals surface area contributed by atoms with Crippen LogP contribution in [0.2, 0.25) is 0 Å². The van der Waals surface area contributed by atoms with Gasteiger partial charge in [-0.15, -0.1) is 0 Å². The molecule has 0 unspecified atom stereocenters. The topological polar surface area (TPSA) is 43.1 Å². The van der Waals surface area contributed by atoms with Crippen LogP contribution < -0.4 is 5.73 Å². The molecule has 1 aromatic rings. The monoisotopic (exact) mass is 154 g/mol. The third-order valence-electron chi connectivity index (χ3n) is 1.28. The van der Waals surface area contributed by atoms with Crippen molar-refractivity contribution in [2.24, 2.45) is 5.73 Å². The van der Waals surface area contributed by atoms with Gasteiger partial charge in [-0.2, -0.15) is 0 Å². The molecule has 0 fully saturated rings. The molecule has 10 heavy (non-hydrogen) atoms. The molecule has 0 saturated carbocycles. The highest BCUT2D eigenvalue weighted by molar-refractivity contribution is 7.65. The summed E-state index contributed by atoms with van der Waals surface area (Å²) in [4.78, 5) is 0.727. The van der Waals surface area contributed by atoms with Crippen molar-refractivity contribution in [3.63, 3.8) is 0 Å². The van der Waals surface area contributed by atoms with E-state index in [9.17, 15) is 4.21 Å². The maximum Gasteiger partial charge on any atom is 0.505 e. The zero-order valence-electron chi connectivity index (χ0n) is 5.41. The van der Waals surface area contributed by atoms with Crippen molar-refractivity contribution in [3.05, 3.63) is 29.8 Å². The van der Waals surface area contributed by atoms with Crippen molar-refractivity contribution >= 4 is 11.7 Å². The Balaban J connectivity index is 3.08. The summed E-state index contributed by atoms with van der Waals surface area (Å²) in [6, 6.07) is 7.35. The second kappa shape index (κ2) is 3.39. The normalized spacial score (nSPS) is 9.30. The van der Waals surface area contributed by atoms with Gasteiger partial charge in [0.05, 0.1) is 0 Å². The molecule has 0 heterocycles. The summed E-state index contributed by atoms with van der Waals surface area (Å²) in [5.74, 6) is 0. The predicted octanol–water partition coefficient (Wildman–Crippen LogP) is 0.932. The fourth-order valence-electron chi connectivity index (χ4n) is 0.754. The van der Waals surface area contributed by atoms with Crippen LogP contribution in [0.3, 0.4) is 0 Å². The van der Waals surface area contributed by atoms with Crippen LogP contribution in [0, 0.1) is 0 Å². The molecule has 0 spiro atoms.